The van der Waals surface area contributed by atoms with Crippen molar-refractivity contribution in [1.82, 2.24) is 24.4 Å². The van der Waals surface area contributed by atoms with Gasteiger partial charge in [0.2, 0.25) is 0 Å². The molecule has 0 bridgehead atoms. The maximum atomic E-state index is 12.2. The summed E-state index contributed by atoms with van der Waals surface area (Å²) >= 11 is 3.63. The number of carbonyl (C=O) groups is 1. The number of ether oxygens (including phenoxy) is 2. The SMILES string of the molecule is COCCOC[C@]1(C(=O)O)CC[C@@H](c2nc3c(-c4cnn(-c5ccccc5)c4)cnn3c(N)c2Br)CC1. The van der Waals surface area contributed by atoms with Crippen molar-refractivity contribution in [2.75, 3.05) is 32.7 Å². The van der Waals surface area contributed by atoms with E-state index in [0.29, 0.717) is 54.8 Å². The quantitative estimate of drug-likeness (QED) is 0.285. The first kappa shape index (κ1) is 25.4. The van der Waals surface area contributed by atoms with Gasteiger partial charge in [0.1, 0.15) is 5.82 Å². The van der Waals surface area contributed by atoms with Gasteiger partial charge in [0.25, 0.3) is 0 Å². The number of methoxy groups -OCH3 is 1. The molecule has 0 aliphatic heterocycles. The maximum Gasteiger partial charge on any atom is 0.311 e. The molecule has 194 valence electrons. The normalized spacial score (nSPS) is 19.9. The van der Waals surface area contributed by atoms with Crippen molar-refractivity contribution in [1.29, 1.82) is 0 Å². The molecule has 11 heteroatoms. The summed E-state index contributed by atoms with van der Waals surface area (Å²) in [5, 5.41) is 19.0. The molecule has 10 nitrogen and oxygen atoms in total. The second kappa shape index (κ2) is 10.6. The van der Waals surface area contributed by atoms with Crippen LogP contribution in [0.15, 0.2) is 53.4 Å². The van der Waals surface area contributed by atoms with Crippen LogP contribution in [0.2, 0.25) is 0 Å². The molecule has 1 fully saturated rings. The first-order chi connectivity index (χ1) is 17.9. The van der Waals surface area contributed by atoms with Gasteiger partial charge in [-0.15, -0.1) is 0 Å². The number of nitrogen functional groups attached to an aromatic ring is 1. The van der Waals surface area contributed by atoms with Crippen molar-refractivity contribution in [3.05, 3.63) is 59.1 Å². The third kappa shape index (κ3) is 4.86. The number of rotatable bonds is 9. The second-order valence-electron chi connectivity index (χ2n) is 9.40. The molecule has 0 amide bonds. The van der Waals surface area contributed by atoms with E-state index in [1.54, 1.807) is 24.0 Å². The highest BCUT2D eigenvalue weighted by Crippen LogP contribution is 2.45. The van der Waals surface area contributed by atoms with E-state index in [4.69, 9.17) is 20.2 Å². The molecule has 0 spiro atoms. The van der Waals surface area contributed by atoms with Crippen molar-refractivity contribution in [3.8, 4) is 16.8 Å². The molecular formula is C26H29BrN6O4. The van der Waals surface area contributed by atoms with Gasteiger partial charge in [0.15, 0.2) is 5.65 Å². The number of para-hydroxylation sites is 1. The van der Waals surface area contributed by atoms with E-state index >= 15 is 0 Å². The summed E-state index contributed by atoms with van der Waals surface area (Å²) in [7, 11) is 1.59. The van der Waals surface area contributed by atoms with Crippen LogP contribution in [0.3, 0.4) is 0 Å². The van der Waals surface area contributed by atoms with Crippen LogP contribution in [0.5, 0.6) is 0 Å². The molecule has 0 radical (unpaired) electrons. The average Bonchev–Trinajstić information content (AvgIpc) is 3.57. The summed E-state index contributed by atoms with van der Waals surface area (Å²) in [4.78, 5) is 17.2. The van der Waals surface area contributed by atoms with Crippen LogP contribution in [0.1, 0.15) is 37.3 Å². The molecule has 37 heavy (non-hydrogen) atoms. The molecule has 3 heterocycles. The summed E-state index contributed by atoms with van der Waals surface area (Å²) in [6.07, 6.45) is 7.79. The number of anilines is 1. The molecule has 3 N–H and O–H groups in total. The first-order valence-corrected chi connectivity index (χ1v) is 13.0. The highest BCUT2D eigenvalue weighted by atomic mass is 79.9. The molecule has 1 aliphatic rings. The minimum Gasteiger partial charge on any atom is -0.481 e. The minimum absolute atomic E-state index is 0.0583. The van der Waals surface area contributed by atoms with E-state index in [9.17, 15) is 9.90 Å². The molecule has 0 atom stereocenters. The van der Waals surface area contributed by atoms with Crippen molar-refractivity contribution in [2.45, 2.75) is 31.6 Å². The second-order valence-corrected chi connectivity index (χ2v) is 10.2. The number of aromatic nitrogens is 5. The fourth-order valence-corrected chi connectivity index (χ4v) is 5.53. The highest BCUT2D eigenvalue weighted by molar-refractivity contribution is 9.10. The zero-order valence-corrected chi connectivity index (χ0v) is 22.1. The number of aliphatic carboxylic acids is 1. The molecule has 4 aromatic rings. The Hall–Kier alpha value is -3.28. The van der Waals surface area contributed by atoms with E-state index in [2.05, 4.69) is 26.1 Å². The van der Waals surface area contributed by atoms with Crippen LogP contribution in [0.25, 0.3) is 22.5 Å². The van der Waals surface area contributed by atoms with Gasteiger partial charge in [-0.2, -0.15) is 14.7 Å². The molecule has 1 saturated carbocycles. The van der Waals surface area contributed by atoms with E-state index in [-0.39, 0.29) is 12.5 Å². The number of carboxylic acid groups (broad SMARTS) is 1. The maximum absolute atomic E-state index is 12.2. The molecule has 3 aromatic heterocycles. The Balaban J connectivity index is 1.42. The van der Waals surface area contributed by atoms with Crippen molar-refractivity contribution in [3.63, 3.8) is 0 Å². The Morgan fingerprint density at radius 2 is 1.95 bits per heavy atom. The van der Waals surface area contributed by atoms with Crippen LogP contribution in [-0.2, 0) is 14.3 Å². The lowest BCUT2D eigenvalue weighted by atomic mass is 9.70. The monoisotopic (exact) mass is 568 g/mol. The van der Waals surface area contributed by atoms with Crippen molar-refractivity contribution >= 4 is 33.4 Å². The molecule has 0 unspecified atom stereocenters. The number of fused-ring (bicyclic) bond motifs is 1. The van der Waals surface area contributed by atoms with Crippen LogP contribution in [0, 0.1) is 5.41 Å². The first-order valence-electron chi connectivity index (χ1n) is 12.2. The Bertz CT molecular complexity index is 1400. The molecular weight excluding hydrogens is 540 g/mol. The summed E-state index contributed by atoms with van der Waals surface area (Å²) in [5.41, 5.74) is 9.69. The smallest absolute Gasteiger partial charge is 0.311 e. The summed E-state index contributed by atoms with van der Waals surface area (Å²) in [5.74, 6) is -0.304. The lowest BCUT2D eigenvalue weighted by Gasteiger charge is -2.36. The summed E-state index contributed by atoms with van der Waals surface area (Å²) in [6.45, 7) is 0.985. The van der Waals surface area contributed by atoms with Gasteiger partial charge in [-0.3, -0.25) is 4.79 Å². The summed E-state index contributed by atoms with van der Waals surface area (Å²) in [6, 6.07) is 9.87. The Morgan fingerprint density at radius 1 is 1.19 bits per heavy atom. The van der Waals surface area contributed by atoms with Crippen molar-refractivity contribution < 1.29 is 19.4 Å². The minimum atomic E-state index is -0.903. The number of hydrogen-bond donors (Lipinski definition) is 2. The van der Waals surface area contributed by atoms with Gasteiger partial charge in [-0.05, 0) is 53.7 Å². The third-order valence-corrected chi connectivity index (χ3v) is 7.97. The average molecular weight is 569 g/mol. The molecule has 5 rings (SSSR count). The van der Waals surface area contributed by atoms with Gasteiger partial charge >= 0.3 is 5.97 Å². The lowest BCUT2D eigenvalue weighted by molar-refractivity contribution is -0.156. The van der Waals surface area contributed by atoms with E-state index in [1.165, 1.54) is 0 Å². The Labute approximate surface area is 222 Å². The number of benzene rings is 1. The van der Waals surface area contributed by atoms with Gasteiger partial charge in [0, 0.05) is 30.4 Å². The van der Waals surface area contributed by atoms with Crippen LogP contribution in [-0.4, -0.2) is 62.4 Å². The number of nitrogens with zero attached hydrogens (tertiary/aromatic N) is 5. The zero-order valence-electron chi connectivity index (χ0n) is 20.5. The van der Waals surface area contributed by atoms with Gasteiger partial charge in [-0.25, -0.2) is 9.67 Å². The number of carboxylic acids is 1. The Kier molecular flexibility index (Phi) is 7.27. The summed E-state index contributed by atoms with van der Waals surface area (Å²) < 4.78 is 14.8. The largest absolute Gasteiger partial charge is 0.481 e. The molecule has 0 saturated heterocycles. The van der Waals surface area contributed by atoms with Crippen LogP contribution in [0.4, 0.5) is 5.82 Å². The fourth-order valence-electron chi connectivity index (χ4n) is 4.94. The molecule has 1 aliphatic carbocycles. The van der Waals surface area contributed by atoms with E-state index < -0.39 is 11.4 Å². The van der Waals surface area contributed by atoms with Crippen LogP contribution >= 0.6 is 15.9 Å². The van der Waals surface area contributed by atoms with Gasteiger partial charge in [0.05, 0.1) is 53.5 Å². The lowest BCUT2D eigenvalue weighted by Crippen LogP contribution is -2.39. The van der Waals surface area contributed by atoms with Gasteiger partial charge in [-0.1, -0.05) is 18.2 Å². The standard InChI is InChI=1S/C26H29BrN6O4/c1-36-11-12-37-16-26(25(34)35)9-7-17(8-10-26)22-21(27)23(28)33-24(31-22)20(14-30-33)18-13-29-32(15-18)19-5-3-2-4-6-19/h2-6,13-15,17H,7-12,16,28H2,1H3,(H,34,35)/t17-,26+. The zero-order chi connectivity index (χ0) is 26.0. The number of hydrogen-bond acceptors (Lipinski definition) is 7. The number of halogens is 1. The predicted molar refractivity (Wildman–Crippen MR) is 142 cm³/mol. The fraction of sp³-hybridized carbons (Fsp3) is 0.385. The third-order valence-electron chi connectivity index (χ3n) is 7.16. The molecule has 1 aromatic carbocycles. The van der Waals surface area contributed by atoms with E-state index in [1.807, 2.05) is 41.2 Å². The topological polar surface area (TPSA) is 130 Å². The van der Waals surface area contributed by atoms with Crippen molar-refractivity contribution in [2.24, 2.45) is 5.41 Å². The Morgan fingerprint density at radius 3 is 2.65 bits per heavy atom. The van der Waals surface area contributed by atoms with Gasteiger partial charge < -0.3 is 20.3 Å². The highest BCUT2D eigenvalue weighted by Gasteiger charge is 2.43. The predicted octanol–water partition coefficient (Wildman–Crippen LogP) is 4.32. The van der Waals surface area contributed by atoms with Crippen LogP contribution < -0.4 is 5.73 Å². The number of nitrogens with two attached hydrogens (primary N) is 1. The van der Waals surface area contributed by atoms with E-state index in [0.717, 1.165) is 22.5 Å².